The highest BCUT2D eigenvalue weighted by molar-refractivity contribution is 6.08. The Morgan fingerprint density at radius 3 is 2.68 bits per heavy atom. The maximum Gasteiger partial charge on any atom is 0.328 e. The van der Waals surface area contributed by atoms with Gasteiger partial charge in [0.25, 0.3) is 5.91 Å². The average Bonchev–Trinajstić information content (AvgIpc) is 3.18. The van der Waals surface area contributed by atoms with E-state index in [1.807, 2.05) is 55.5 Å². The normalized spacial score (nSPS) is 21.2. The van der Waals surface area contributed by atoms with Crippen LogP contribution in [0.25, 0.3) is 10.9 Å². The Bertz CT molecular complexity index is 1100. The van der Waals surface area contributed by atoms with Crippen molar-refractivity contribution in [3.8, 4) is 5.75 Å². The largest absolute Gasteiger partial charge is 0.497 e. The number of methoxy groups -OCH3 is 1. The van der Waals surface area contributed by atoms with Gasteiger partial charge in [-0.25, -0.2) is 4.79 Å². The van der Waals surface area contributed by atoms with Gasteiger partial charge in [0.05, 0.1) is 19.3 Å². The summed E-state index contributed by atoms with van der Waals surface area (Å²) in [6, 6.07) is 15.2. The minimum atomic E-state index is -1.01. The van der Waals surface area contributed by atoms with Gasteiger partial charge < -0.3 is 14.6 Å². The smallest absolute Gasteiger partial charge is 0.328 e. The van der Waals surface area contributed by atoms with Crippen molar-refractivity contribution >= 4 is 22.8 Å². The number of hydrogen-bond acceptors (Lipinski definition) is 3. The molecule has 0 radical (unpaired) electrons. The molecule has 6 nitrogen and oxygen atoms in total. The summed E-state index contributed by atoms with van der Waals surface area (Å²) in [5.74, 6) is 0.599. The molecular weight excluding hydrogens is 354 g/mol. The van der Waals surface area contributed by atoms with Crippen LogP contribution in [0.1, 0.15) is 23.7 Å². The molecule has 1 fully saturated rings. The van der Waals surface area contributed by atoms with Gasteiger partial charge in [-0.3, -0.25) is 9.69 Å². The van der Waals surface area contributed by atoms with Crippen molar-refractivity contribution in [2.24, 2.45) is 0 Å². The van der Waals surface area contributed by atoms with Gasteiger partial charge in [0.15, 0.2) is 5.54 Å². The molecule has 0 unspecified atom stereocenters. The number of ether oxygens (including phenoxy) is 1. The Morgan fingerprint density at radius 2 is 1.93 bits per heavy atom. The van der Waals surface area contributed by atoms with E-state index in [1.165, 1.54) is 4.90 Å². The zero-order valence-corrected chi connectivity index (χ0v) is 15.9. The summed E-state index contributed by atoms with van der Waals surface area (Å²) in [5, 5.41) is 1.05. The molecule has 2 aliphatic heterocycles. The number of hydrogen-bond donors (Lipinski definition) is 1. The SMILES string of the molecule is COc1ccc2[nH]c3c(c2c1)CCN1C(=O)N(Cc2ccccc2)C(=O)[C@@]31C. The summed E-state index contributed by atoms with van der Waals surface area (Å²) in [4.78, 5) is 33.0. The molecule has 1 saturated heterocycles. The summed E-state index contributed by atoms with van der Waals surface area (Å²) in [6.07, 6.45) is 0.705. The fourth-order valence-electron chi connectivity index (χ4n) is 4.52. The first kappa shape index (κ1) is 16.9. The van der Waals surface area contributed by atoms with Gasteiger partial charge in [0.2, 0.25) is 0 Å². The van der Waals surface area contributed by atoms with E-state index in [1.54, 1.807) is 12.0 Å². The van der Waals surface area contributed by atoms with E-state index in [-0.39, 0.29) is 18.5 Å². The molecule has 28 heavy (non-hydrogen) atoms. The monoisotopic (exact) mass is 375 g/mol. The molecule has 3 heterocycles. The molecule has 1 aromatic heterocycles. The number of fused-ring (bicyclic) bond motifs is 5. The molecule has 1 atom stereocenters. The second-order valence-corrected chi connectivity index (χ2v) is 7.52. The second-order valence-electron chi connectivity index (χ2n) is 7.52. The number of carbonyl (C=O) groups is 2. The highest BCUT2D eigenvalue weighted by atomic mass is 16.5. The van der Waals surface area contributed by atoms with Gasteiger partial charge in [-0.15, -0.1) is 0 Å². The molecule has 142 valence electrons. The molecular formula is C22H21N3O3. The Morgan fingerprint density at radius 1 is 1.14 bits per heavy atom. The van der Waals surface area contributed by atoms with Crippen LogP contribution in [-0.4, -0.2) is 40.4 Å². The summed E-state index contributed by atoms with van der Waals surface area (Å²) in [5.41, 5.74) is 2.79. The first-order chi connectivity index (χ1) is 13.5. The molecule has 5 rings (SSSR count). The first-order valence-electron chi connectivity index (χ1n) is 9.40. The van der Waals surface area contributed by atoms with Crippen LogP contribution in [0, 0.1) is 0 Å². The van der Waals surface area contributed by atoms with Crippen LogP contribution in [-0.2, 0) is 23.3 Å². The third-order valence-corrected chi connectivity index (χ3v) is 6.03. The van der Waals surface area contributed by atoms with E-state index in [9.17, 15) is 9.59 Å². The maximum atomic E-state index is 13.5. The van der Waals surface area contributed by atoms with Gasteiger partial charge in [-0.1, -0.05) is 30.3 Å². The van der Waals surface area contributed by atoms with Crippen LogP contribution in [0.15, 0.2) is 48.5 Å². The molecule has 2 aromatic carbocycles. The summed E-state index contributed by atoms with van der Waals surface area (Å²) >= 11 is 0. The average molecular weight is 375 g/mol. The van der Waals surface area contributed by atoms with Gasteiger partial charge >= 0.3 is 6.03 Å². The van der Waals surface area contributed by atoms with E-state index in [0.29, 0.717) is 13.0 Å². The number of aromatic amines is 1. The summed E-state index contributed by atoms with van der Waals surface area (Å²) in [7, 11) is 1.64. The molecule has 1 N–H and O–H groups in total. The standard InChI is InChI=1S/C22H21N3O3/c1-22-19-16(17-12-15(28-2)8-9-18(17)23-19)10-11-25(22)21(27)24(20(22)26)13-14-6-4-3-5-7-14/h3-9,12,23H,10-11,13H2,1-2H3/t22-/m1/s1. The minimum Gasteiger partial charge on any atom is -0.497 e. The minimum absolute atomic E-state index is 0.180. The zero-order valence-electron chi connectivity index (χ0n) is 15.9. The fraction of sp³-hybridized carbons (Fsp3) is 0.273. The zero-order chi connectivity index (χ0) is 19.5. The maximum absolute atomic E-state index is 13.5. The second kappa shape index (κ2) is 5.86. The summed E-state index contributed by atoms with van der Waals surface area (Å²) in [6.45, 7) is 2.65. The Hall–Kier alpha value is -3.28. The van der Waals surface area contributed by atoms with Crippen LogP contribution in [0.3, 0.4) is 0 Å². The van der Waals surface area contributed by atoms with E-state index in [2.05, 4.69) is 4.98 Å². The van der Waals surface area contributed by atoms with Gasteiger partial charge in [0, 0.05) is 17.4 Å². The molecule has 0 aliphatic carbocycles. The Balaban J connectivity index is 1.60. The van der Waals surface area contributed by atoms with Crippen LogP contribution >= 0.6 is 0 Å². The molecule has 3 aromatic rings. The predicted molar refractivity (Wildman–Crippen MR) is 105 cm³/mol. The van der Waals surface area contributed by atoms with Gasteiger partial charge in [-0.2, -0.15) is 0 Å². The van der Waals surface area contributed by atoms with Crippen molar-refractivity contribution in [2.75, 3.05) is 13.7 Å². The molecule has 6 heteroatoms. The number of H-pyrrole nitrogens is 1. The van der Waals surface area contributed by atoms with Crippen molar-refractivity contribution < 1.29 is 14.3 Å². The van der Waals surface area contributed by atoms with Crippen molar-refractivity contribution in [2.45, 2.75) is 25.4 Å². The van der Waals surface area contributed by atoms with Gasteiger partial charge in [0.1, 0.15) is 5.75 Å². The number of benzene rings is 2. The van der Waals surface area contributed by atoms with Crippen LogP contribution in [0.4, 0.5) is 4.79 Å². The molecule has 0 bridgehead atoms. The van der Waals surface area contributed by atoms with Crippen molar-refractivity contribution in [1.82, 2.24) is 14.8 Å². The third-order valence-electron chi connectivity index (χ3n) is 6.03. The number of nitrogens with one attached hydrogen (secondary N) is 1. The van der Waals surface area contributed by atoms with E-state index < -0.39 is 5.54 Å². The van der Waals surface area contributed by atoms with Crippen molar-refractivity contribution in [3.05, 3.63) is 65.4 Å². The number of urea groups is 1. The molecule has 0 saturated carbocycles. The van der Waals surface area contributed by atoms with E-state index in [4.69, 9.17) is 4.74 Å². The highest BCUT2D eigenvalue weighted by Gasteiger charge is 2.58. The first-order valence-corrected chi connectivity index (χ1v) is 9.40. The Labute approximate surface area is 162 Å². The van der Waals surface area contributed by atoms with Crippen LogP contribution in [0.2, 0.25) is 0 Å². The Kier molecular flexibility index (Phi) is 3.53. The molecule has 2 aliphatic rings. The number of amides is 3. The predicted octanol–water partition coefficient (Wildman–Crippen LogP) is 3.41. The van der Waals surface area contributed by atoms with Crippen LogP contribution in [0.5, 0.6) is 5.75 Å². The lowest BCUT2D eigenvalue weighted by atomic mass is 9.87. The van der Waals surface area contributed by atoms with E-state index in [0.717, 1.165) is 33.5 Å². The fourth-order valence-corrected chi connectivity index (χ4v) is 4.52. The molecule has 0 spiro atoms. The van der Waals surface area contributed by atoms with E-state index >= 15 is 0 Å². The lowest BCUT2D eigenvalue weighted by molar-refractivity contribution is -0.133. The van der Waals surface area contributed by atoms with Crippen LogP contribution < -0.4 is 4.74 Å². The topological polar surface area (TPSA) is 65.6 Å². The van der Waals surface area contributed by atoms with Crippen molar-refractivity contribution in [3.63, 3.8) is 0 Å². The number of imide groups is 1. The molecule has 3 amide bonds. The summed E-state index contributed by atoms with van der Waals surface area (Å²) < 4.78 is 5.36. The number of nitrogens with zero attached hydrogens (tertiary/aromatic N) is 2. The number of carbonyl (C=O) groups excluding carboxylic acids is 2. The number of aromatic nitrogens is 1. The highest BCUT2D eigenvalue weighted by Crippen LogP contribution is 2.44. The lowest BCUT2D eigenvalue weighted by Gasteiger charge is -2.36. The lowest BCUT2D eigenvalue weighted by Crippen LogP contribution is -2.48. The van der Waals surface area contributed by atoms with Gasteiger partial charge in [-0.05, 0) is 42.7 Å². The quantitative estimate of drug-likeness (QED) is 0.714. The van der Waals surface area contributed by atoms with Crippen molar-refractivity contribution in [1.29, 1.82) is 0 Å². The number of rotatable bonds is 3. The third kappa shape index (κ3) is 2.14.